The first-order chi connectivity index (χ1) is 16.4. The number of benzene rings is 2. The van der Waals surface area contributed by atoms with Gasteiger partial charge >= 0.3 is 0 Å². The van der Waals surface area contributed by atoms with Crippen LogP contribution in [0.3, 0.4) is 0 Å². The van der Waals surface area contributed by atoms with Crippen LogP contribution in [0.2, 0.25) is 5.02 Å². The van der Waals surface area contributed by atoms with E-state index in [-0.39, 0.29) is 17.7 Å². The van der Waals surface area contributed by atoms with Crippen LogP contribution in [0.5, 0.6) is 0 Å². The number of amides is 2. The molecule has 8 nitrogen and oxygen atoms in total. The van der Waals surface area contributed by atoms with Crippen molar-refractivity contribution in [1.82, 2.24) is 20.2 Å². The van der Waals surface area contributed by atoms with Crippen molar-refractivity contribution < 1.29 is 9.59 Å². The molecule has 2 amide bonds. The number of hydrogen-bond acceptors (Lipinski definition) is 6. The highest BCUT2D eigenvalue weighted by Crippen LogP contribution is 2.30. The molecule has 9 heteroatoms. The van der Waals surface area contributed by atoms with Crippen LogP contribution in [-0.4, -0.2) is 46.8 Å². The largest absolute Gasteiger partial charge is 0.355 e. The Kier molecular flexibility index (Phi) is 6.98. The van der Waals surface area contributed by atoms with Crippen LogP contribution in [-0.2, 0) is 11.2 Å². The number of aromatic nitrogens is 2. The molecule has 1 aliphatic rings. The second kappa shape index (κ2) is 10.1. The molecule has 1 aromatic heterocycles. The van der Waals surface area contributed by atoms with Crippen molar-refractivity contribution in [2.24, 2.45) is 0 Å². The fraction of sp³-hybridized carbons (Fsp3) is 0.280. The van der Waals surface area contributed by atoms with Crippen molar-refractivity contribution in [3.05, 3.63) is 70.4 Å². The smallest absolute Gasteiger partial charge is 0.253 e. The van der Waals surface area contributed by atoms with Gasteiger partial charge in [0.1, 0.15) is 5.02 Å². The molecule has 0 saturated carbocycles. The summed E-state index contributed by atoms with van der Waals surface area (Å²) in [5.41, 5.74) is 4.37. The summed E-state index contributed by atoms with van der Waals surface area (Å²) in [7, 11) is 1.58. The maximum Gasteiger partial charge on any atom is 0.253 e. The lowest BCUT2D eigenvalue weighted by molar-refractivity contribution is -0.128. The van der Waals surface area contributed by atoms with Crippen molar-refractivity contribution in [3.63, 3.8) is 0 Å². The van der Waals surface area contributed by atoms with Crippen LogP contribution in [0.15, 0.2) is 48.7 Å². The number of para-hydroxylation sites is 1. The van der Waals surface area contributed by atoms with Crippen LogP contribution >= 0.6 is 11.6 Å². The van der Waals surface area contributed by atoms with Gasteiger partial charge in [-0.1, -0.05) is 36.7 Å². The lowest BCUT2D eigenvalue weighted by atomic mass is 9.95. The van der Waals surface area contributed by atoms with Gasteiger partial charge in [0.25, 0.3) is 5.91 Å². The van der Waals surface area contributed by atoms with Gasteiger partial charge in [-0.05, 0) is 47.7 Å². The first-order valence-corrected chi connectivity index (χ1v) is 11.5. The van der Waals surface area contributed by atoms with Gasteiger partial charge in [0.05, 0.1) is 17.4 Å². The molecule has 2 heterocycles. The van der Waals surface area contributed by atoms with Crippen molar-refractivity contribution in [1.29, 1.82) is 0 Å². The van der Waals surface area contributed by atoms with E-state index in [0.29, 0.717) is 34.6 Å². The summed E-state index contributed by atoms with van der Waals surface area (Å²) < 4.78 is 0. The standard InChI is InChI=1S/C25H27ClN6O2/c1-15-14-32(16(2)33)11-10-17-8-9-18(12-20(15)17)29-25-28-13-21(26)23(31-25)30-22-7-5-4-6-19(22)24(34)27-3/h4-9,12-13,15H,10-11,14H2,1-3H3,(H,27,34)(H2,28,29,30,31). The number of rotatable bonds is 5. The minimum Gasteiger partial charge on any atom is -0.355 e. The summed E-state index contributed by atoms with van der Waals surface area (Å²) in [5.74, 6) is 0.860. The number of hydrogen-bond donors (Lipinski definition) is 3. The van der Waals surface area contributed by atoms with Crippen LogP contribution in [0, 0.1) is 0 Å². The number of carbonyl (C=O) groups is 2. The van der Waals surface area contributed by atoms with E-state index >= 15 is 0 Å². The molecule has 0 saturated heterocycles. The van der Waals surface area contributed by atoms with Crippen molar-refractivity contribution in [2.75, 3.05) is 30.8 Å². The van der Waals surface area contributed by atoms with Gasteiger partial charge in [0.2, 0.25) is 11.9 Å². The minimum atomic E-state index is -0.214. The quantitative estimate of drug-likeness (QED) is 0.500. The van der Waals surface area contributed by atoms with E-state index < -0.39 is 0 Å². The first-order valence-electron chi connectivity index (χ1n) is 11.1. The highest BCUT2D eigenvalue weighted by molar-refractivity contribution is 6.33. The maximum absolute atomic E-state index is 12.2. The predicted octanol–water partition coefficient (Wildman–Crippen LogP) is 4.48. The molecule has 0 bridgehead atoms. The number of nitrogens with one attached hydrogen (secondary N) is 3. The molecule has 1 aliphatic heterocycles. The summed E-state index contributed by atoms with van der Waals surface area (Å²) in [6.07, 6.45) is 2.34. The Balaban J connectivity index is 1.57. The Morgan fingerprint density at radius 1 is 1.15 bits per heavy atom. The highest BCUT2D eigenvalue weighted by atomic mass is 35.5. The van der Waals surface area contributed by atoms with Gasteiger partial charge in [-0.25, -0.2) is 4.98 Å². The third-order valence-electron chi connectivity index (χ3n) is 5.92. The van der Waals surface area contributed by atoms with Gasteiger partial charge < -0.3 is 20.9 Å². The molecule has 34 heavy (non-hydrogen) atoms. The fourth-order valence-electron chi connectivity index (χ4n) is 4.12. The molecule has 0 fully saturated rings. The Morgan fingerprint density at radius 2 is 1.94 bits per heavy atom. The van der Waals surface area contributed by atoms with E-state index in [0.717, 1.165) is 18.7 Å². The molecule has 4 rings (SSSR count). The van der Waals surface area contributed by atoms with Gasteiger partial charge in [-0.3, -0.25) is 9.59 Å². The molecule has 0 aliphatic carbocycles. The number of halogens is 1. The number of anilines is 4. The Labute approximate surface area is 203 Å². The van der Waals surface area contributed by atoms with Crippen LogP contribution in [0.4, 0.5) is 23.1 Å². The average Bonchev–Trinajstić information content (AvgIpc) is 3.00. The van der Waals surface area contributed by atoms with E-state index in [1.165, 1.54) is 17.3 Å². The summed E-state index contributed by atoms with van der Waals surface area (Å²) in [4.78, 5) is 34.8. The van der Waals surface area contributed by atoms with Crippen LogP contribution < -0.4 is 16.0 Å². The zero-order valence-corrected chi connectivity index (χ0v) is 20.1. The third-order valence-corrected chi connectivity index (χ3v) is 6.20. The second-order valence-corrected chi connectivity index (χ2v) is 8.70. The zero-order valence-electron chi connectivity index (χ0n) is 19.4. The lowest BCUT2D eigenvalue weighted by Crippen LogP contribution is -2.32. The van der Waals surface area contributed by atoms with E-state index in [4.69, 9.17) is 11.6 Å². The van der Waals surface area contributed by atoms with Crippen molar-refractivity contribution >= 4 is 46.6 Å². The lowest BCUT2D eigenvalue weighted by Gasteiger charge is -2.21. The molecule has 0 spiro atoms. The molecule has 2 aromatic carbocycles. The maximum atomic E-state index is 12.2. The molecule has 0 radical (unpaired) electrons. The Morgan fingerprint density at radius 3 is 2.71 bits per heavy atom. The Bertz CT molecular complexity index is 1230. The molecular weight excluding hydrogens is 452 g/mol. The van der Waals surface area contributed by atoms with Gasteiger partial charge in [-0.15, -0.1) is 0 Å². The highest BCUT2D eigenvalue weighted by Gasteiger charge is 2.22. The summed E-state index contributed by atoms with van der Waals surface area (Å²) in [5, 5.41) is 9.35. The Hall–Kier alpha value is -3.65. The number of nitrogens with zero attached hydrogens (tertiary/aromatic N) is 3. The third kappa shape index (κ3) is 5.12. The van der Waals surface area contributed by atoms with E-state index in [1.54, 1.807) is 32.2 Å². The number of fused-ring (bicyclic) bond motifs is 1. The molecule has 3 N–H and O–H groups in total. The molecular formula is C25H27ClN6O2. The fourth-order valence-corrected chi connectivity index (χ4v) is 4.26. The summed E-state index contributed by atoms with van der Waals surface area (Å²) in [6.45, 7) is 5.18. The monoisotopic (exact) mass is 478 g/mol. The molecule has 1 atom stereocenters. The van der Waals surface area contributed by atoms with E-state index in [1.807, 2.05) is 17.0 Å². The van der Waals surface area contributed by atoms with Gasteiger partial charge in [0.15, 0.2) is 5.82 Å². The van der Waals surface area contributed by atoms with E-state index in [9.17, 15) is 9.59 Å². The molecule has 176 valence electrons. The van der Waals surface area contributed by atoms with Gasteiger partial charge in [-0.2, -0.15) is 4.98 Å². The zero-order chi connectivity index (χ0) is 24.2. The van der Waals surface area contributed by atoms with E-state index in [2.05, 4.69) is 45.0 Å². The number of carbonyl (C=O) groups excluding carboxylic acids is 2. The van der Waals surface area contributed by atoms with Crippen LogP contribution in [0.25, 0.3) is 0 Å². The second-order valence-electron chi connectivity index (χ2n) is 8.29. The molecule has 3 aromatic rings. The summed E-state index contributed by atoms with van der Waals surface area (Å²) >= 11 is 6.34. The SMILES string of the molecule is CNC(=O)c1ccccc1Nc1nc(Nc2ccc3c(c2)C(C)CN(C(C)=O)CC3)ncc1Cl. The predicted molar refractivity (Wildman–Crippen MR) is 134 cm³/mol. The van der Waals surface area contributed by atoms with Gasteiger partial charge in [0, 0.05) is 32.7 Å². The van der Waals surface area contributed by atoms with Crippen molar-refractivity contribution in [2.45, 2.75) is 26.2 Å². The minimum absolute atomic E-state index is 0.102. The van der Waals surface area contributed by atoms with Crippen molar-refractivity contribution in [3.8, 4) is 0 Å². The topological polar surface area (TPSA) is 99.2 Å². The summed E-state index contributed by atoms with van der Waals surface area (Å²) in [6, 6.07) is 13.3. The normalized spacial score (nSPS) is 15.2. The first kappa shape index (κ1) is 23.5. The molecule has 1 unspecified atom stereocenters. The van der Waals surface area contributed by atoms with Crippen LogP contribution in [0.1, 0.15) is 41.3 Å². The average molecular weight is 479 g/mol.